The summed E-state index contributed by atoms with van der Waals surface area (Å²) in [4.78, 5) is 14.4. The van der Waals surface area contributed by atoms with Gasteiger partial charge in [0.25, 0.3) is 0 Å². The van der Waals surface area contributed by atoms with E-state index in [1.165, 1.54) is 0 Å². The van der Waals surface area contributed by atoms with E-state index in [4.69, 9.17) is 24.0 Å². The number of hydrogen-bond donors (Lipinski definition) is 1. The molecule has 0 spiro atoms. The lowest BCUT2D eigenvalue weighted by molar-refractivity contribution is 0.454. The molecule has 0 unspecified atom stereocenters. The van der Waals surface area contributed by atoms with Crippen LogP contribution in [0.1, 0.15) is 0 Å². The fraction of sp³-hybridized carbons (Fsp3) is 0. The van der Waals surface area contributed by atoms with Gasteiger partial charge in [-0.2, -0.15) is 0 Å². The molecule has 0 amide bonds. The molecule has 1 radical (unpaired) electrons. The first-order valence-corrected chi connectivity index (χ1v) is 10.8. The average Bonchev–Trinajstić information content (AvgIpc) is 3.28. The third-order valence-corrected chi connectivity index (χ3v) is 5.62. The molecule has 0 saturated heterocycles. The molecule has 2 aromatic heterocycles. The van der Waals surface area contributed by atoms with Crippen LogP contribution >= 0.6 is 0 Å². The van der Waals surface area contributed by atoms with Crippen LogP contribution < -0.4 is 4.65 Å². The largest absolute Gasteiger partial charge is 0.569 e. The van der Waals surface area contributed by atoms with Gasteiger partial charge in [0.15, 0.2) is 17.5 Å². The maximum atomic E-state index is 9.24. The summed E-state index contributed by atoms with van der Waals surface area (Å²) in [5.74, 6) is 1.93. The molecule has 34 heavy (non-hydrogen) atoms. The Morgan fingerprint density at radius 3 is 2.12 bits per heavy atom. The van der Waals surface area contributed by atoms with Crippen LogP contribution in [-0.4, -0.2) is 27.7 Å². The van der Waals surface area contributed by atoms with Gasteiger partial charge < -0.3 is 14.1 Å². The monoisotopic (exact) mass is 442 g/mol. The first-order valence-electron chi connectivity index (χ1n) is 10.8. The van der Waals surface area contributed by atoms with Crippen molar-refractivity contribution in [2.24, 2.45) is 0 Å². The van der Waals surface area contributed by atoms with E-state index in [1.54, 1.807) is 6.07 Å². The van der Waals surface area contributed by atoms with E-state index >= 15 is 0 Å². The van der Waals surface area contributed by atoms with Crippen molar-refractivity contribution in [2.45, 2.75) is 0 Å². The van der Waals surface area contributed by atoms with Crippen molar-refractivity contribution in [3.8, 4) is 39.9 Å². The Balaban J connectivity index is 1.64. The molecule has 4 aromatic carbocycles. The summed E-state index contributed by atoms with van der Waals surface area (Å²) in [5, 5.41) is 11.2. The number of rotatable bonds is 5. The summed E-state index contributed by atoms with van der Waals surface area (Å²) in [6.45, 7) is 0. The standard InChI is InChI=1S/C27H17BN3O3/c32-28-34-22-15-7-5-12-19(22)26-29-25(17-9-2-1-3-10-17)30-27(31-26)20-13-8-16-23-24(20)18-11-4-6-14-21(18)33-23/h1-16,32H. The van der Waals surface area contributed by atoms with Gasteiger partial charge in [-0.3, -0.25) is 0 Å². The maximum Gasteiger partial charge on any atom is 0.569 e. The molecule has 6 aromatic rings. The summed E-state index contributed by atoms with van der Waals surface area (Å²) in [5.41, 5.74) is 3.91. The Labute approximate surface area is 195 Å². The molecule has 0 fully saturated rings. The summed E-state index contributed by atoms with van der Waals surface area (Å²) >= 11 is 0. The predicted octanol–water partition coefficient (Wildman–Crippen LogP) is 5.68. The third-order valence-electron chi connectivity index (χ3n) is 5.62. The summed E-state index contributed by atoms with van der Waals surface area (Å²) in [6.07, 6.45) is 0. The van der Waals surface area contributed by atoms with Crippen LogP contribution in [0.2, 0.25) is 0 Å². The number of fused-ring (bicyclic) bond motifs is 3. The molecule has 0 atom stereocenters. The molecule has 1 N–H and O–H groups in total. The van der Waals surface area contributed by atoms with Crippen molar-refractivity contribution in [3.05, 3.63) is 97.1 Å². The second-order valence-electron chi connectivity index (χ2n) is 7.67. The van der Waals surface area contributed by atoms with Crippen molar-refractivity contribution in [1.82, 2.24) is 15.0 Å². The number of hydrogen-bond acceptors (Lipinski definition) is 6. The molecule has 6 nitrogen and oxygen atoms in total. The van der Waals surface area contributed by atoms with Gasteiger partial charge in [0, 0.05) is 21.9 Å². The fourth-order valence-corrected chi connectivity index (χ4v) is 4.11. The summed E-state index contributed by atoms with van der Waals surface area (Å²) < 4.78 is 11.4. The highest BCUT2D eigenvalue weighted by molar-refractivity contribution is 6.17. The molecule has 0 aliphatic carbocycles. The van der Waals surface area contributed by atoms with Crippen molar-refractivity contribution >= 4 is 29.6 Å². The van der Waals surface area contributed by atoms with Gasteiger partial charge in [-0.15, -0.1) is 0 Å². The summed E-state index contributed by atoms with van der Waals surface area (Å²) in [6, 6.07) is 30.8. The topological polar surface area (TPSA) is 81.3 Å². The summed E-state index contributed by atoms with van der Waals surface area (Å²) in [7, 11) is 0.650. The van der Waals surface area contributed by atoms with Crippen LogP contribution in [0.3, 0.4) is 0 Å². The SMILES string of the molecule is O[B]Oc1ccccc1-c1nc(-c2ccccc2)nc(-c2cccc3oc4ccccc4c23)n1. The highest BCUT2D eigenvalue weighted by Gasteiger charge is 2.18. The Kier molecular flexibility index (Phi) is 5.01. The van der Waals surface area contributed by atoms with Gasteiger partial charge in [0.2, 0.25) is 0 Å². The molecule has 161 valence electrons. The lowest BCUT2D eigenvalue weighted by Gasteiger charge is -2.11. The number of nitrogens with zero attached hydrogens (tertiary/aromatic N) is 3. The van der Waals surface area contributed by atoms with Crippen LogP contribution in [0.4, 0.5) is 0 Å². The van der Waals surface area contributed by atoms with Crippen molar-refractivity contribution in [2.75, 3.05) is 0 Å². The van der Waals surface area contributed by atoms with Gasteiger partial charge in [-0.25, -0.2) is 15.0 Å². The van der Waals surface area contributed by atoms with E-state index in [2.05, 4.69) is 0 Å². The van der Waals surface area contributed by atoms with Gasteiger partial charge in [0.1, 0.15) is 16.9 Å². The second kappa shape index (κ2) is 8.46. The van der Waals surface area contributed by atoms with Crippen molar-refractivity contribution in [1.29, 1.82) is 0 Å². The average molecular weight is 442 g/mol. The zero-order valence-corrected chi connectivity index (χ0v) is 17.9. The Morgan fingerprint density at radius 1 is 0.618 bits per heavy atom. The van der Waals surface area contributed by atoms with Crippen molar-refractivity contribution < 1.29 is 14.1 Å². The van der Waals surface area contributed by atoms with Crippen LogP contribution in [0.5, 0.6) is 5.75 Å². The molecule has 7 heteroatoms. The number of aromatic nitrogens is 3. The normalized spacial score (nSPS) is 11.1. The molecular weight excluding hydrogens is 425 g/mol. The van der Waals surface area contributed by atoms with Crippen LogP contribution in [0.25, 0.3) is 56.1 Å². The lowest BCUT2D eigenvalue weighted by atomic mass is 10.1. The smallest absolute Gasteiger partial charge is 0.537 e. The van der Waals surface area contributed by atoms with Gasteiger partial charge in [0.05, 0.1) is 5.56 Å². The minimum absolute atomic E-state index is 0.436. The van der Waals surface area contributed by atoms with Crippen LogP contribution in [-0.2, 0) is 0 Å². The minimum Gasteiger partial charge on any atom is -0.537 e. The first-order chi connectivity index (χ1) is 16.8. The van der Waals surface area contributed by atoms with Crippen LogP contribution in [0.15, 0.2) is 101 Å². The van der Waals surface area contributed by atoms with E-state index in [9.17, 15) is 5.02 Å². The van der Waals surface area contributed by atoms with Crippen LogP contribution in [0, 0.1) is 0 Å². The zero-order chi connectivity index (χ0) is 22.9. The Hall–Kier alpha value is -4.49. The highest BCUT2D eigenvalue weighted by Crippen LogP contribution is 2.37. The molecule has 0 saturated carbocycles. The first kappa shape index (κ1) is 20.1. The number of para-hydroxylation sites is 2. The maximum absolute atomic E-state index is 9.24. The third kappa shape index (κ3) is 3.48. The zero-order valence-electron chi connectivity index (χ0n) is 17.9. The molecule has 2 heterocycles. The fourth-order valence-electron chi connectivity index (χ4n) is 4.11. The quantitative estimate of drug-likeness (QED) is 0.346. The van der Waals surface area contributed by atoms with Crippen molar-refractivity contribution in [3.63, 3.8) is 0 Å². The van der Waals surface area contributed by atoms with E-state index in [1.807, 2.05) is 91.0 Å². The van der Waals surface area contributed by atoms with Gasteiger partial charge >= 0.3 is 7.69 Å². The molecular formula is C27H17BN3O3. The van der Waals surface area contributed by atoms with E-state index in [0.717, 1.165) is 33.1 Å². The highest BCUT2D eigenvalue weighted by atomic mass is 16.5. The molecule has 0 bridgehead atoms. The van der Waals surface area contributed by atoms with E-state index in [-0.39, 0.29) is 0 Å². The number of furan rings is 1. The molecule has 0 aliphatic heterocycles. The molecule has 0 aliphatic rings. The second-order valence-corrected chi connectivity index (χ2v) is 7.67. The molecule has 6 rings (SSSR count). The van der Waals surface area contributed by atoms with Gasteiger partial charge in [-0.05, 0) is 24.3 Å². The Morgan fingerprint density at radius 2 is 1.26 bits per heavy atom. The van der Waals surface area contributed by atoms with E-state index in [0.29, 0.717) is 36.5 Å². The van der Waals surface area contributed by atoms with Gasteiger partial charge in [-0.1, -0.05) is 72.8 Å². The number of benzene rings is 4. The Bertz CT molecular complexity index is 1630. The predicted molar refractivity (Wildman–Crippen MR) is 132 cm³/mol. The minimum atomic E-state index is 0.436. The lowest BCUT2D eigenvalue weighted by Crippen LogP contribution is -2.04. The van der Waals surface area contributed by atoms with E-state index < -0.39 is 0 Å².